The number of carbonyl (C=O) groups excluding carboxylic acids is 2. The molecule has 9 nitrogen and oxygen atoms in total. The van der Waals surface area contributed by atoms with Gasteiger partial charge >= 0.3 is 0 Å². The number of nitrogen functional groups attached to an aromatic ring is 1. The Labute approximate surface area is 211 Å². The molecule has 2 amide bonds. The highest BCUT2D eigenvalue weighted by atomic mass is 19.3. The lowest BCUT2D eigenvalue weighted by Gasteiger charge is -2.36. The molecule has 37 heavy (non-hydrogen) atoms. The molecule has 196 valence electrons. The Balaban J connectivity index is 1.57. The summed E-state index contributed by atoms with van der Waals surface area (Å²) >= 11 is 0. The topological polar surface area (TPSA) is 128 Å². The van der Waals surface area contributed by atoms with E-state index in [2.05, 4.69) is 10.4 Å². The number of nitrogens with two attached hydrogens (primary N) is 2. The quantitative estimate of drug-likeness (QED) is 0.443. The summed E-state index contributed by atoms with van der Waals surface area (Å²) in [4.78, 5) is 26.5. The maximum Gasteiger partial charge on any atom is 0.272 e. The van der Waals surface area contributed by atoms with E-state index in [0.717, 1.165) is 10.7 Å². The highest BCUT2D eigenvalue weighted by Gasteiger charge is 2.46. The summed E-state index contributed by atoms with van der Waals surface area (Å²) in [6.07, 6.45) is -0.364. The van der Waals surface area contributed by atoms with Crippen LogP contribution in [-0.4, -0.2) is 59.7 Å². The first kappa shape index (κ1) is 26.0. The van der Waals surface area contributed by atoms with Crippen LogP contribution in [0.3, 0.4) is 0 Å². The molecule has 4 rings (SSSR count). The van der Waals surface area contributed by atoms with Crippen molar-refractivity contribution in [2.45, 2.75) is 24.9 Å². The molecule has 0 saturated carbocycles. The number of halogens is 3. The number of anilines is 1. The monoisotopic (exact) mass is 516 g/mol. The van der Waals surface area contributed by atoms with Crippen molar-refractivity contribution >= 4 is 17.6 Å². The Morgan fingerprint density at radius 2 is 1.92 bits per heavy atom. The minimum atomic E-state index is -3.06. The first-order chi connectivity index (χ1) is 17.5. The Bertz CT molecular complexity index is 1330. The van der Waals surface area contributed by atoms with E-state index >= 15 is 0 Å². The molecule has 1 atom stereocenters. The fraction of sp³-hybridized carbons (Fsp3) is 0.320. The van der Waals surface area contributed by atoms with E-state index in [1.807, 2.05) is 0 Å². The van der Waals surface area contributed by atoms with Gasteiger partial charge in [-0.15, -0.1) is 0 Å². The van der Waals surface area contributed by atoms with Crippen LogP contribution in [0.5, 0.6) is 5.75 Å². The van der Waals surface area contributed by atoms with Crippen LogP contribution in [-0.2, 0) is 6.54 Å². The number of aromatic nitrogens is 2. The second kappa shape index (κ2) is 10.1. The van der Waals surface area contributed by atoms with Crippen molar-refractivity contribution in [2.75, 3.05) is 33.0 Å². The second-order valence-electron chi connectivity index (χ2n) is 8.93. The largest absolute Gasteiger partial charge is 0.496 e. The van der Waals surface area contributed by atoms with Gasteiger partial charge < -0.3 is 26.4 Å². The number of nitrogens with one attached hydrogen (secondary N) is 1. The van der Waals surface area contributed by atoms with Crippen molar-refractivity contribution in [1.82, 2.24) is 20.0 Å². The van der Waals surface area contributed by atoms with Crippen molar-refractivity contribution in [3.05, 3.63) is 65.0 Å². The molecule has 0 aliphatic carbocycles. The third-order valence-electron chi connectivity index (χ3n) is 6.37. The molecule has 1 aliphatic heterocycles. The van der Waals surface area contributed by atoms with Gasteiger partial charge in [0.15, 0.2) is 0 Å². The van der Waals surface area contributed by atoms with E-state index in [-0.39, 0.29) is 54.4 Å². The van der Waals surface area contributed by atoms with Crippen LogP contribution < -0.4 is 21.5 Å². The maximum absolute atomic E-state index is 14.7. The first-order valence-electron chi connectivity index (χ1n) is 11.5. The number of methoxy groups -OCH3 is 1. The van der Waals surface area contributed by atoms with Gasteiger partial charge in [-0.25, -0.2) is 17.9 Å². The molecule has 0 bridgehead atoms. The second-order valence-corrected chi connectivity index (χ2v) is 8.93. The number of nitrogens with zero attached hydrogens (tertiary/aromatic N) is 3. The normalized spacial score (nSPS) is 17.4. The summed E-state index contributed by atoms with van der Waals surface area (Å²) in [6, 6.07) is 8.85. The molecule has 12 heteroatoms. The maximum atomic E-state index is 14.7. The van der Waals surface area contributed by atoms with Crippen LogP contribution in [0.1, 0.15) is 38.7 Å². The molecule has 1 unspecified atom stereocenters. The Morgan fingerprint density at radius 1 is 1.22 bits per heavy atom. The Hall–Kier alpha value is -4.06. The molecule has 3 aromatic rings. The first-order valence-corrected chi connectivity index (χ1v) is 11.5. The van der Waals surface area contributed by atoms with Gasteiger partial charge in [-0.3, -0.25) is 9.59 Å². The number of likely N-dealkylation sites (N-methyl/N-ethyl adjacent to an activating group) is 1. The van der Waals surface area contributed by atoms with Crippen LogP contribution in [0, 0.1) is 5.82 Å². The molecule has 1 aliphatic rings. The average molecular weight is 517 g/mol. The molecule has 1 aromatic heterocycles. The zero-order valence-electron chi connectivity index (χ0n) is 20.3. The number of ether oxygens (including phenoxy) is 1. The van der Waals surface area contributed by atoms with Gasteiger partial charge in [0.25, 0.3) is 17.7 Å². The van der Waals surface area contributed by atoms with Gasteiger partial charge in [0.1, 0.15) is 34.7 Å². The van der Waals surface area contributed by atoms with Gasteiger partial charge in [0.2, 0.25) is 0 Å². The summed E-state index contributed by atoms with van der Waals surface area (Å²) < 4.78 is 49.1. The van der Waals surface area contributed by atoms with E-state index in [1.54, 1.807) is 36.2 Å². The lowest BCUT2D eigenvalue weighted by molar-refractivity contribution is -0.0968. The van der Waals surface area contributed by atoms with E-state index in [1.165, 1.54) is 19.2 Å². The van der Waals surface area contributed by atoms with Gasteiger partial charge in [-0.2, -0.15) is 5.10 Å². The number of benzene rings is 2. The number of hydrogen-bond acceptors (Lipinski definition) is 6. The van der Waals surface area contributed by atoms with Crippen LogP contribution >= 0.6 is 0 Å². The standard InChI is InChI=1S/C25H27F3N6O3/c1-33-10-9-25(27,28)19(13-33)34-22(29)20(23(30)35)21(32-34)15-5-3-14(4-6-15)12-31-24(36)17-11-16(26)7-8-18(17)37-2/h3-8,11,19H,9-10,12-13,29H2,1-2H3,(H2,30,35)(H,31,36). The molecular weight excluding hydrogens is 489 g/mol. The summed E-state index contributed by atoms with van der Waals surface area (Å²) in [7, 11) is 3.10. The number of rotatable bonds is 7. The molecule has 0 radical (unpaired) electrons. The summed E-state index contributed by atoms with van der Waals surface area (Å²) in [6.45, 7) is 0.341. The van der Waals surface area contributed by atoms with E-state index in [0.29, 0.717) is 11.1 Å². The highest BCUT2D eigenvalue weighted by Crippen LogP contribution is 2.39. The van der Waals surface area contributed by atoms with Gasteiger partial charge in [0, 0.05) is 31.6 Å². The number of alkyl halides is 2. The van der Waals surface area contributed by atoms with Crippen LogP contribution in [0.25, 0.3) is 11.3 Å². The lowest BCUT2D eigenvalue weighted by atomic mass is 10.0. The lowest BCUT2D eigenvalue weighted by Crippen LogP contribution is -2.47. The van der Waals surface area contributed by atoms with Gasteiger partial charge in [-0.1, -0.05) is 24.3 Å². The van der Waals surface area contributed by atoms with Gasteiger partial charge in [-0.05, 0) is 30.8 Å². The number of hydrogen-bond donors (Lipinski definition) is 3. The van der Waals surface area contributed by atoms with Crippen LogP contribution in [0.4, 0.5) is 19.0 Å². The highest BCUT2D eigenvalue weighted by molar-refractivity contribution is 6.03. The third kappa shape index (κ3) is 5.24. The zero-order valence-corrected chi connectivity index (χ0v) is 20.3. The summed E-state index contributed by atoms with van der Waals surface area (Å²) in [5.74, 6) is -5.03. The fourth-order valence-corrected chi connectivity index (χ4v) is 4.33. The van der Waals surface area contributed by atoms with Crippen molar-refractivity contribution in [1.29, 1.82) is 0 Å². The Kier molecular flexibility index (Phi) is 7.12. The zero-order chi connectivity index (χ0) is 26.9. The minimum Gasteiger partial charge on any atom is -0.496 e. The molecule has 2 heterocycles. The minimum absolute atomic E-state index is 0.00522. The molecule has 1 fully saturated rings. The van der Waals surface area contributed by atoms with E-state index in [4.69, 9.17) is 16.2 Å². The summed E-state index contributed by atoms with van der Waals surface area (Å²) in [5, 5.41) is 6.98. The SMILES string of the molecule is COc1ccc(F)cc1C(=O)NCc1ccc(-c2nn(C3CN(C)CCC3(F)F)c(N)c2C(N)=O)cc1. The summed E-state index contributed by atoms with van der Waals surface area (Å²) in [5.41, 5.74) is 12.8. The van der Waals surface area contributed by atoms with Crippen molar-refractivity contribution in [3.63, 3.8) is 0 Å². The molecule has 0 spiro atoms. The number of likely N-dealkylation sites (tertiary alicyclic amines) is 1. The molecular formula is C25H27F3N6O3. The third-order valence-corrected chi connectivity index (χ3v) is 6.37. The van der Waals surface area contributed by atoms with Crippen molar-refractivity contribution in [2.24, 2.45) is 5.73 Å². The number of carbonyl (C=O) groups is 2. The molecule has 2 aromatic carbocycles. The number of primary amides is 1. The van der Waals surface area contributed by atoms with Gasteiger partial charge in [0.05, 0.1) is 12.7 Å². The van der Waals surface area contributed by atoms with Crippen molar-refractivity contribution < 1.29 is 27.5 Å². The number of amides is 2. The van der Waals surface area contributed by atoms with Crippen molar-refractivity contribution in [3.8, 4) is 17.0 Å². The van der Waals surface area contributed by atoms with Crippen LogP contribution in [0.2, 0.25) is 0 Å². The Morgan fingerprint density at radius 3 is 2.57 bits per heavy atom. The molecule has 5 N–H and O–H groups in total. The fourth-order valence-electron chi connectivity index (χ4n) is 4.33. The smallest absolute Gasteiger partial charge is 0.272 e. The van der Waals surface area contributed by atoms with E-state index < -0.39 is 29.6 Å². The predicted octanol–water partition coefficient (Wildman–Crippen LogP) is 2.82. The molecule has 1 saturated heterocycles. The predicted molar refractivity (Wildman–Crippen MR) is 131 cm³/mol. The van der Waals surface area contributed by atoms with E-state index in [9.17, 15) is 22.8 Å². The average Bonchev–Trinajstić information content (AvgIpc) is 3.21. The number of piperidine rings is 1. The van der Waals surface area contributed by atoms with Crippen LogP contribution in [0.15, 0.2) is 42.5 Å².